The molecule has 0 aromatic carbocycles. The van der Waals surface area contributed by atoms with Gasteiger partial charge in [-0.2, -0.15) is 0 Å². The summed E-state index contributed by atoms with van der Waals surface area (Å²) >= 11 is 0. The van der Waals surface area contributed by atoms with Crippen molar-refractivity contribution < 1.29 is 12.9 Å². The van der Waals surface area contributed by atoms with Gasteiger partial charge in [-0.1, -0.05) is 19.0 Å². The second-order valence-electron chi connectivity index (χ2n) is 4.84. The van der Waals surface area contributed by atoms with Crippen LogP contribution in [-0.2, 0) is 10.0 Å². The zero-order valence-corrected chi connectivity index (χ0v) is 12.0. The van der Waals surface area contributed by atoms with Gasteiger partial charge in [-0.05, 0) is 26.2 Å². The van der Waals surface area contributed by atoms with Crippen LogP contribution in [0, 0.1) is 19.8 Å². The van der Waals surface area contributed by atoms with E-state index < -0.39 is 10.0 Å². The van der Waals surface area contributed by atoms with Crippen LogP contribution in [0.3, 0.4) is 0 Å². The summed E-state index contributed by atoms with van der Waals surface area (Å²) in [5, 5.41) is 3.65. The number of hydrogen-bond acceptors (Lipinski definition) is 5. The first-order chi connectivity index (χ1) is 8.27. The van der Waals surface area contributed by atoms with Crippen LogP contribution in [0.4, 0.5) is 0 Å². The lowest BCUT2D eigenvalue weighted by Crippen LogP contribution is -2.41. The molecule has 0 aliphatic rings. The molecule has 0 amide bonds. The molecule has 0 aliphatic carbocycles. The summed E-state index contributed by atoms with van der Waals surface area (Å²) in [6.45, 7) is 7.49. The predicted octanol–water partition coefficient (Wildman–Crippen LogP) is 0.943. The van der Waals surface area contributed by atoms with Crippen molar-refractivity contribution in [3.05, 3.63) is 11.5 Å². The third kappa shape index (κ3) is 3.54. The molecule has 0 radical (unpaired) electrons. The number of nitrogens with zero attached hydrogens (tertiary/aromatic N) is 1. The molecular formula is C11H21N3O3S. The maximum absolute atomic E-state index is 12.2. The summed E-state index contributed by atoms with van der Waals surface area (Å²) in [5.74, 6) is 0.659. The minimum atomic E-state index is -3.62. The van der Waals surface area contributed by atoms with Gasteiger partial charge in [0.15, 0.2) is 5.76 Å². The van der Waals surface area contributed by atoms with E-state index in [4.69, 9.17) is 10.3 Å². The van der Waals surface area contributed by atoms with E-state index in [1.165, 1.54) is 0 Å². The van der Waals surface area contributed by atoms with Gasteiger partial charge >= 0.3 is 0 Å². The van der Waals surface area contributed by atoms with Gasteiger partial charge in [-0.3, -0.25) is 0 Å². The average molecular weight is 275 g/mol. The summed E-state index contributed by atoms with van der Waals surface area (Å²) < 4.78 is 31.9. The van der Waals surface area contributed by atoms with Crippen molar-refractivity contribution >= 4 is 10.0 Å². The zero-order chi connectivity index (χ0) is 13.9. The van der Waals surface area contributed by atoms with Gasteiger partial charge in [0.05, 0.1) is 0 Å². The van der Waals surface area contributed by atoms with Crippen molar-refractivity contribution in [2.45, 2.75) is 45.1 Å². The molecule has 18 heavy (non-hydrogen) atoms. The van der Waals surface area contributed by atoms with Crippen molar-refractivity contribution in [2.24, 2.45) is 11.7 Å². The van der Waals surface area contributed by atoms with Crippen LogP contribution in [0.15, 0.2) is 9.42 Å². The summed E-state index contributed by atoms with van der Waals surface area (Å²) in [7, 11) is -3.62. The minimum absolute atomic E-state index is 0.115. The highest BCUT2D eigenvalue weighted by Crippen LogP contribution is 2.19. The lowest BCUT2D eigenvalue weighted by molar-refractivity contribution is 0.390. The van der Waals surface area contributed by atoms with Crippen molar-refractivity contribution in [3.63, 3.8) is 0 Å². The Morgan fingerprint density at radius 3 is 2.39 bits per heavy atom. The van der Waals surface area contributed by atoms with E-state index in [0.717, 1.165) is 0 Å². The first-order valence-corrected chi connectivity index (χ1v) is 7.41. The molecule has 0 spiro atoms. The number of rotatable bonds is 6. The zero-order valence-electron chi connectivity index (χ0n) is 11.2. The average Bonchev–Trinajstić information content (AvgIpc) is 2.56. The number of aromatic nitrogens is 1. The standard InChI is InChI=1S/C11H21N3O3S/c1-7(2)5-10(6-12)14-18(15,16)11-8(3)13-17-9(11)4/h7,10,14H,5-6,12H2,1-4H3. The number of aryl methyl sites for hydroxylation is 2. The third-order valence-corrected chi connectivity index (χ3v) is 4.36. The van der Waals surface area contributed by atoms with Gasteiger partial charge < -0.3 is 10.3 Å². The highest BCUT2D eigenvalue weighted by Gasteiger charge is 2.26. The molecule has 1 aromatic heterocycles. The van der Waals surface area contributed by atoms with Gasteiger partial charge in [0.2, 0.25) is 10.0 Å². The monoisotopic (exact) mass is 275 g/mol. The van der Waals surface area contributed by atoms with Crippen molar-refractivity contribution in [3.8, 4) is 0 Å². The van der Waals surface area contributed by atoms with Crippen LogP contribution in [0.5, 0.6) is 0 Å². The van der Waals surface area contributed by atoms with Crippen LogP contribution >= 0.6 is 0 Å². The Kier molecular flexibility index (Phi) is 4.89. The van der Waals surface area contributed by atoms with Gasteiger partial charge in [0, 0.05) is 12.6 Å². The fourth-order valence-corrected chi connectivity index (χ4v) is 3.49. The molecular weight excluding hydrogens is 254 g/mol. The molecule has 1 atom stereocenters. The fraction of sp³-hybridized carbons (Fsp3) is 0.727. The Labute approximate surface area is 108 Å². The normalized spacial score (nSPS) is 14.1. The van der Waals surface area contributed by atoms with Gasteiger partial charge in [-0.25, -0.2) is 13.1 Å². The van der Waals surface area contributed by atoms with E-state index in [1.54, 1.807) is 13.8 Å². The molecule has 104 valence electrons. The molecule has 3 N–H and O–H groups in total. The maximum Gasteiger partial charge on any atom is 0.246 e. The first kappa shape index (κ1) is 15.1. The lowest BCUT2D eigenvalue weighted by atomic mass is 10.1. The second kappa shape index (κ2) is 5.81. The number of nitrogens with one attached hydrogen (secondary N) is 1. The Balaban J connectivity index is 2.94. The van der Waals surface area contributed by atoms with Crippen molar-refractivity contribution in [1.29, 1.82) is 0 Å². The van der Waals surface area contributed by atoms with Crippen LogP contribution in [0.25, 0.3) is 0 Å². The quantitative estimate of drug-likeness (QED) is 0.805. The molecule has 1 rings (SSSR count). The second-order valence-corrected chi connectivity index (χ2v) is 6.49. The highest BCUT2D eigenvalue weighted by atomic mass is 32.2. The Morgan fingerprint density at radius 2 is 2.00 bits per heavy atom. The number of nitrogens with two attached hydrogens (primary N) is 1. The van der Waals surface area contributed by atoms with Crippen molar-refractivity contribution in [1.82, 2.24) is 9.88 Å². The minimum Gasteiger partial charge on any atom is -0.360 e. The lowest BCUT2D eigenvalue weighted by Gasteiger charge is -2.18. The smallest absolute Gasteiger partial charge is 0.246 e. The van der Waals surface area contributed by atoms with Gasteiger partial charge in [-0.15, -0.1) is 0 Å². The van der Waals surface area contributed by atoms with Gasteiger partial charge in [0.25, 0.3) is 0 Å². The SMILES string of the molecule is Cc1noc(C)c1S(=O)(=O)NC(CN)CC(C)C. The Hall–Kier alpha value is -0.920. The van der Waals surface area contributed by atoms with E-state index in [0.29, 0.717) is 23.8 Å². The Morgan fingerprint density at radius 1 is 1.39 bits per heavy atom. The molecule has 1 unspecified atom stereocenters. The van der Waals surface area contributed by atoms with Crippen LogP contribution in [0.2, 0.25) is 0 Å². The Bertz CT molecular complexity index is 474. The van der Waals surface area contributed by atoms with E-state index in [2.05, 4.69) is 9.88 Å². The molecule has 0 fully saturated rings. The summed E-state index contributed by atoms with van der Waals surface area (Å²) in [6.07, 6.45) is 0.694. The van der Waals surface area contributed by atoms with Crippen LogP contribution in [0.1, 0.15) is 31.7 Å². The first-order valence-electron chi connectivity index (χ1n) is 5.93. The van der Waals surface area contributed by atoms with Gasteiger partial charge in [0.1, 0.15) is 10.6 Å². The molecule has 0 bridgehead atoms. The molecule has 0 saturated heterocycles. The van der Waals surface area contributed by atoms with E-state index >= 15 is 0 Å². The molecule has 7 heteroatoms. The van der Waals surface area contributed by atoms with E-state index in [-0.39, 0.29) is 17.5 Å². The highest BCUT2D eigenvalue weighted by molar-refractivity contribution is 7.89. The molecule has 1 heterocycles. The third-order valence-electron chi connectivity index (χ3n) is 2.60. The fourth-order valence-electron chi connectivity index (χ4n) is 1.90. The summed E-state index contributed by atoms with van der Waals surface area (Å²) in [5.41, 5.74) is 5.95. The number of hydrogen-bond donors (Lipinski definition) is 2. The summed E-state index contributed by atoms with van der Waals surface area (Å²) in [4.78, 5) is 0.115. The van der Waals surface area contributed by atoms with E-state index in [9.17, 15) is 8.42 Å². The molecule has 1 aromatic rings. The summed E-state index contributed by atoms with van der Waals surface area (Å²) in [6, 6.07) is -0.274. The maximum atomic E-state index is 12.2. The van der Waals surface area contributed by atoms with Crippen LogP contribution in [-0.4, -0.2) is 26.2 Å². The largest absolute Gasteiger partial charge is 0.360 e. The predicted molar refractivity (Wildman–Crippen MR) is 68.6 cm³/mol. The molecule has 6 nitrogen and oxygen atoms in total. The van der Waals surface area contributed by atoms with Crippen molar-refractivity contribution in [2.75, 3.05) is 6.54 Å². The molecule has 0 aliphatic heterocycles. The topological polar surface area (TPSA) is 98.2 Å². The van der Waals surface area contributed by atoms with E-state index in [1.807, 2.05) is 13.8 Å². The number of sulfonamides is 1. The molecule has 0 saturated carbocycles. The van der Waals surface area contributed by atoms with Crippen LogP contribution < -0.4 is 10.5 Å².